The lowest BCUT2D eigenvalue weighted by atomic mass is 10.1. The van der Waals surface area contributed by atoms with Gasteiger partial charge in [-0.1, -0.05) is 0 Å². The van der Waals surface area contributed by atoms with Gasteiger partial charge in [0, 0.05) is 57.4 Å². The minimum Gasteiger partial charge on any atom is -0.337 e. The Morgan fingerprint density at radius 3 is 3.05 bits per heavy atom. The Morgan fingerprint density at radius 2 is 2.37 bits per heavy atom. The van der Waals surface area contributed by atoms with Gasteiger partial charge >= 0.3 is 0 Å². The van der Waals surface area contributed by atoms with Crippen LogP contribution in [0, 0.1) is 0 Å². The van der Waals surface area contributed by atoms with Gasteiger partial charge in [-0.2, -0.15) is 5.10 Å². The molecule has 104 valence electrons. The monoisotopic (exact) mass is 263 g/mol. The smallest absolute Gasteiger partial charge is 0.222 e. The second kappa shape index (κ2) is 4.94. The zero-order valence-corrected chi connectivity index (χ0v) is 11.3. The van der Waals surface area contributed by atoms with Crippen LogP contribution in [0.1, 0.15) is 24.4 Å². The zero-order valence-electron chi connectivity index (χ0n) is 11.3. The van der Waals surface area contributed by atoms with Crippen LogP contribution >= 0.6 is 0 Å². The summed E-state index contributed by atoms with van der Waals surface area (Å²) in [4.78, 5) is 16.1. The van der Waals surface area contributed by atoms with E-state index >= 15 is 0 Å². The van der Waals surface area contributed by atoms with E-state index in [-0.39, 0.29) is 6.04 Å². The summed E-state index contributed by atoms with van der Waals surface area (Å²) in [5.74, 6) is 0.315. The highest BCUT2D eigenvalue weighted by molar-refractivity contribution is 5.78. The highest BCUT2D eigenvalue weighted by Crippen LogP contribution is 2.28. The van der Waals surface area contributed by atoms with Crippen molar-refractivity contribution in [2.24, 2.45) is 12.8 Å². The van der Waals surface area contributed by atoms with E-state index in [2.05, 4.69) is 10.00 Å². The molecule has 2 N–H and O–H groups in total. The van der Waals surface area contributed by atoms with E-state index in [1.807, 2.05) is 29.0 Å². The fourth-order valence-electron chi connectivity index (χ4n) is 3.28. The van der Waals surface area contributed by atoms with Gasteiger partial charge < -0.3 is 10.6 Å². The number of aromatic nitrogens is 2. The Morgan fingerprint density at radius 1 is 1.53 bits per heavy atom. The van der Waals surface area contributed by atoms with Crippen molar-refractivity contribution < 1.29 is 4.79 Å². The van der Waals surface area contributed by atoms with Crippen molar-refractivity contribution in [1.29, 1.82) is 0 Å². The number of carbonyl (C=O) groups is 1. The fourth-order valence-corrected chi connectivity index (χ4v) is 3.28. The van der Waals surface area contributed by atoms with E-state index in [1.54, 1.807) is 0 Å². The number of amides is 1. The van der Waals surface area contributed by atoms with Crippen molar-refractivity contribution in [2.45, 2.75) is 24.9 Å². The molecule has 6 heteroatoms. The number of nitrogens with two attached hydrogens (primary N) is 1. The van der Waals surface area contributed by atoms with Crippen LogP contribution in [0.25, 0.3) is 0 Å². The minimum absolute atomic E-state index is 0.214. The number of rotatable bonds is 3. The van der Waals surface area contributed by atoms with Crippen molar-refractivity contribution in [2.75, 3.05) is 26.2 Å². The van der Waals surface area contributed by atoms with Gasteiger partial charge in [-0.3, -0.25) is 14.4 Å². The van der Waals surface area contributed by atoms with Crippen LogP contribution in [0.4, 0.5) is 0 Å². The van der Waals surface area contributed by atoms with E-state index in [9.17, 15) is 4.79 Å². The normalized spacial score (nSPS) is 25.7. The largest absolute Gasteiger partial charge is 0.337 e. The predicted molar refractivity (Wildman–Crippen MR) is 71.3 cm³/mol. The van der Waals surface area contributed by atoms with Gasteiger partial charge in [0.15, 0.2) is 0 Å². The third-order valence-corrected chi connectivity index (χ3v) is 4.30. The molecule has 2 aliphatic heterocycles. The molecule has 6 nitrogen and oxygen atoms in total. The first-order valence-electron chi connectivity index (χ1n) is 6.91. The molecule has 1 amide bonds. The topological polar surface area (TPSA) is 67.4 Å². The molecule has 3 heterocycles. The number of fused-ring (bicyclic) bond motifs is 1. The van der Waals surface area contributed by atoms with Crippen LogP contribution in [0.2, 0.25) is 0 Å². The van der Waals surface area contributed by atoms with Gasteiger partial charge in [-0.25, -0.2) is 0 Å². The van der Waals surface area contributed by atoms with Crippen LogP contribution in [0.5, 0.6) is 0 Å². The number of hydrogen-bond donors (Lipinski definition) is 1. The number of piperazine rings is 1. The number of aryl methyl sites for hydroxylation is 1. The minimum atomic E-state index is 0.214. The summed E-state index contributed by atoms with van der Waals surface area (Å²) in [6.45, 7) is 3.26. The molecular weight excluding hydrogens is 242 g/mol. The first kappa shape index (κ1) is 12.6. The van der Waals surface area contributed by atoms with Crippen molar-refractivity contribution in [3.05, 3.63) is 18.0 Å². The average molecular weight is 263 g/mol. The lowest BCUT2D eigenvalue weighted by Crippen LogP contribution is -2.53. The molecule has 2 aliphatic rings. The molecule has 2 saturated heterocycles. The summed E-state index contributed by atoms with van der Waals surface area (Å²) in [5.41, 5.74) is 7.12. The molecule has 0 bridgehead atoms. The molecule has 0 radical (unpaired) electrons. The van der Waals surface area contributed by atoms with Crippen molar-refractivity contribution in [3.63, 3.8) is 0 Å². The quantitative estimate of drug-likeness (QED) is 0.815. The lowest BCUT2D eigenvalue weighted by molar-refractivity contribution is -0.131. The molecule has 2 fully saturated rings. The van der Waals surface area contributed by atoms with Gasteiger partial charge in [-0.15, -0.1) is 0 Å². The number of hydrogen-bond acceptors (Lipinski definition) is 4. The second-order valence-electron chi connectivity index (χ2n) is 5.47. The van der Waals surface area contributed by atoms with Gasteiger partial charge in [0.05, 0.1) is 12.2 Å². The Bertz CT molecular complexity index is 471. The average Bonchev–Trinajstić information content (AvgIpc) is 2.98. The molecule has 3 rings (SSSR count). The standard InChI is InChI=1S/C13H21N5O/c1-16-8-10(7-15-16)12(6-14)17-4-5-18-11(9-17)2-3-13(18)19/h7-8,11-12H,2-6,9,14H2,1H3. The Balaban J connectivity index is 1.73. The third-order valence-electron chi connectivity index (χ3n) is 4.30. The Hall–Kier alpha value is -1.40. The van der Waals surface area contributed by atoms with E-state index in [1.165, 1.54) is 5.56 Å². The summed E-state index contributed by atoms with van der Waals surface area (Å²) < 4.78 is 1.81. The predicted octanol–water partition coefficient (Wildman–Crippen LogP) is -0.273. The summed E-state index contributed by atoms with van der Waals surface area (Å²) in [7, 11) is 1.92. The summed E-state index contributed by atoms with van der Waals surface area (Å²) in [6.07, 6.45) is 5.62. The van der Waals surface area contributed by atoms with Gasteiger partial charge in [-0.05, 0) is 6.42 Å². The van der Waals surface area contributed by atoms with Crippen LogP contribution < -0.4 is 5.73 Å². The molecular formula is C13H21N5O. The summed E-state index contributed by atoms with van der Waals surface area (Å²) in [5, 5.41) is 4.23. The molecule has 19 heavy (non-hydrogen) atoms. The Kier molecular flexibility index (Phi) is 3.28. The fraction of sp³-hybridized carbons (Fsp3) is 0.692. The summed E-state index contributed by atoms with van der Waals surface area (Å²) >= 11 is 0. The molecule has 0 aromatic carbocycles. The first-order chi connectivity index (χ1) is 9.19. The van der Waals surface area contributed by atoms with E-state index in [0.717, 1.165) is 26.1 Å². The van der Waals surface area contributed by atoms with E-state index in [4.69, 9.17) is 5.73 Å². The Labute approximate surface area is 113 Å². The molecule has 1 aromatic rings. The SMILES string of the molecule is Cn1cc(C(CN)N2CCN3C(=O)CCC3C2)cn1. The molecule has 1 aromatic heterocycles. The maximum absolute atomic E-state index is 11.7. The maximum Gasteiger partial charge on any atom is 0.222 e. The van der Waals surface area contributed by atoms with Crippen LogP contribution in [-0.2, 0) is 11.8 Å². The third kappa shape index (κ3) is 2.26. The maximum atomic E-state index is 11.7. The van der Waals surface area contributed by atoms with Crippen molar-refractivity contribution >= 4 is 5.91 Å². The van der Waals surface area contributed by atoms with Crippen LogP contribution in [0.15, 0.2) is 12.4 Å². The number of carbonyl (C=O) groups excluding carboxylic acids is 1. The molecule has 0 spiro atoms. The lowest BCUT2D eigenvalue weighted by Gasteiger charge is -2.41. The number of nitrogens with zero attached hydrogens (tertiary/aromatic N) is 4. The zero-order chi connectivity index (χ0) is 13.4. The second-order valence-corrected chi connectivity index (χ2v) is 5.47. The first-order valence-corrected chi connectivity index (χ1v) is 6.91. The van der Waals surface area contributed by atoms with E-state index in [0.29, 0.717) is 24.9 Å². The highest BCUT2D eigenvalue weighted by atomic mass is 16.2. The van der Waals surface area contributed by atoms with E-state index < -0.39 is 0 Å². The summed E-state index contributed by atoms with van der Waals surface area (Å²) in [6, 6.07) is 0.596. The van der Waals surface area contributed by atoms with Gasteiger partial charge in [0.25, 0.3) is 0 Å². The van der Waals surface area contributed by atoms with Crippen LogP contribution in [0.3, 0.4) is 0 Å². The van der Waals surface area contributed by atoms with Gasteiger partial charge in [0.1, 0.15) is 0 Å². The molecule has 2 unspecified atom stereocenters. The molecule has 2 atom stereocenters. The van der Waals surface area contributed by atoms with Crippen molar-refractivity contribution in [1.82, 2.24) is 19.6 Å². The van der Waals surface area contributed by atoms with Crippen LogP contribution in [-0.4, -0.2) is 57.7 Å². The van der Waals surface area contributed by atoms with Gasteiger partial charge in [0.2, 0.25) is 5.91 Å². The molecule has 0 saturated carbocycles. The molecule has 0 aliphatic carbocycles. The van der Waals surface area contributed by atoms with Crippen molar-refractivity contribution in [3.8, 4) is 0 Å². The highest BCUT2D eigenvalue weighted by Gasteiger charge is 2.37.